The third-order valence-corrected chi connectivity index (χ3v) is 5.80. The van der Waals surface area contributed by atoms with Crippen molar-refractivity contribution in [3.63, 3.8) is 0 Å². The van der Waals surface area contributed by atoms with E-state index in [4.69, 9.17) is 27.9 Å². The van der Waals surface area contributed by atoms with Crippen molar-refractivity contribution < 1.29 is 9.53 Å². The molecule has 0 saturated carbocycles. The molecule has 0 saturated heterocycles. The minimum absolute atomic E-state index is 0.283. The van der Waals surface area contributed by atoms with Gasteiger partial charge in [-0.05, 0) is 18.2 Å². The minimum atomic E-state index is -0.295. The number of amides is 1. The number of nitrogens with zero attached hydrogens (tertiary/aromatic N) is 1. The van der Waals surface area contributed by atoms with Gasteiger partial charge in [-0.1, -0.05) is 41.4 Å². The molecule has 0 aliphatic carbocycles. The van der Waals surface area contributed by atoms with Crippen LogP contribution in [0, 0.1) is 0 Å². The van der Waals surface area contributed by atoms with Gasteiger partial charge in [0.2, 0.25) is 0 Å². The molecule has 4 rings (SSSR count). The number of ether oxygens (including phenoxy) is 1. The first kappa shape index (κ1) is 17.1. The van der Waals surface area contributed by atoms with Gasteiger partial charge in [-0.25, -0.2) is 0 Å². The normalized spacial score (nSPS) is 11.0. The smallest absolute Gasteiger partial charge is 0.256 e. The number of carbonyl (C=O) groups excluding carboxylic acids is 1. The van der Waals surface area contributed by atoms with Crippen LogP contribution in [0.5, 0.6) is 5.75 Å². The Bertz CT molecular complexity index is 1140. The van der Waals surface area contributed by atoms with Crippen LogP contribution in [-0.2, 0) is 0 Å². The van der Waals surface area contributed by atoms with E-state index < -0.39 is 0 Å². The molecule has 4 nitrogen and oxygen atoms in total. The second-order valence-electron chi connectivity index (χ2n) is 5.55. The second kappa shape index (κ2) is 6.76. The van der Waals surface area contributed by atoms with Crippen molar-refractivity contribution in [1.82, 2.24) is 4.98 Å². The summed E-state index contributed by atoms with van der Waals surface area (Å²) in [6.45, 7) is 0. The molecule has 0 unspecified atom stereocenters. The Morgan fingerprint density at radius 3 is 2.58 bits per heavy atom. The highest BCUT2D eigenvalue weighted by molar-refractivity contribution is 7.26. The summed E-state index contributed by atoms with van der Waals surface area (Å²) in [5.74, 6) is 0.439. The zero-order valence-corrected chi connectivity index (χ0v) is 15.9. The lowest BCUT2D eigenvalue weighted by Gasteiger charge is -2.11. The summed E-state index contributed by atoms with van der Waals surface area (Å²) in [4.78, 5) is 16.9. The first-order valence-corrected chi connectivity index (χ1v) is 9.26. The van der Waals surface area contributed by atoms with Crippen molar-refractivity contribution in [2.24, 2.45) is 0 Å². The summed E-state index contributed by atoms with van der Waals surface area (Å²) in [6, 6.07) is 11.5. The molecule has 0 aliphatic rings. The van der Waals surface area contributed by atoms with Gasteiger partial charge in [0.1, 0.15) is 5.75 Å². The van der Waals surface area contributed by atoms with Crippen LogP contribution >= 0.6 is 34.5 Å². The van der Waals surface area contributed by atoms with Crippen LogP contribution in [0.25, 0.3) is 20.2 Å². The lowest BCUT2D eigenvalue weighted by atomic mass is 10.0. The van der Waals surface area contributed by atoms with Gasteiger partial charge in [0.15, 0.2) is 0 Å². The predicted octanol–water partition coefficient (Wildman–Crippen LogP) is 6.02. The highest BCUT2D eigenvalue weighted by Gasteiger charge is 2.19. The third kappa shape index (κ3) is 2.78. The Kier molecular flexibility index (Phi) is 4.44. The van der Waals surface area contributed by atoms with Crippen molar-refractivity contribution in [2.45, 2.75) is 0 Å². The van der Waals surface area contributed by atoms with Gasteiger partial charge < -0.3 is 10.1 Å². The molecule has 0 bridgehead atoms. The number of methoxy groups -OCH3 is 1. The standard InChI is InChI=1S/C19H12Cl2N2O2S/c1-25-14-7-6-11(16-10-4-2-3-5-15(10)26-18(14)16)19(24)23-17-12(20)8-22-9-13(17)21/h2-9H,1H3,(H,22,23,24). The van der Waals surface area contributed by atoms with Gasteiger partial charge in [0.05, 0.1) is 27.5 Å². The van der Waals surface area contributed by atoms with Gasteiger partial charge in [0.25, 0.3) is 5.91 Å². The number of carbonyl (C=O) groups is 1. The third-order valence-electron chi connectivity index (χ3n) is 4.05. The fraction of sp³-hybridized carbons (Fsp3) is 0.0526. The average molecular weight is 403 g/mol. The molecule has 0 fully saturated rings. The van der Waals surface area contributed by atoms with Crippen LogP contribution < -0.4 is 10.1 Å². The van der Waals surface area contributed by atoms with Crippen LogP contribution in [0.3, 0.4) is 0 Å². The summed E-state index contributed by atoms with van der Waals surface area (Å²) < 4.78 is 7.49. The molecule has 1 amide bonds. The Hall–Kier alpha value is -2.34. The fourth-order valence-corrected chi connectivity index (χ4v) is 4.55. The number of aromatic nitrogens is 1. The van der Waals surface area contributed by atoms with E-state index in [-0.39, 0.29) is 16.0 Å². The van der Waals surface area contributed by atoms with Crippen LogP contribution in [0.4, 0.5) is 5.69 Å². The summed E-state index contributed by atoms with van der Waals surface area (Å²) in [5.41, 5.74) is 0.874. The van der Waals surface area contributed by atoms with Crippen LogP contribution in [0.1, 0.15) is 10.4 Å². The maximum absolute atomic E-state index is 13.0. The molecule has 26 heavy (non-hydrogen) atoms. The summed E-state index contributed by atoms with van der Waals surface area (Å²) >= 11 is 13.8. The molecule has 2 aromatic heterocycles. The van der Waals surface area contributed by atoms with Gasteiger partial charge >= 0.3 is 0 Å². The number of hydrogen-bond acceptors (Lipinski definition) is 4. The number of hydrogen-bond donors (Lipinski definition) is 1. The van der Waals surface area contributed by atoms with Crippen LogP contribution in [0.2, 0.25) is 10.0 Å². The summed E-state index contributed by atoms with van der Waals surface area (Å²) in [6.07, 6.45) is 2.87. The topological polar surface area (TPSA) is 51.2 Å². The van der Waals surface area contributed by atoms with Crippen molar-refractivity contribution >= 4 is 66.3 Å². The molecule has 130 valence electrons. The molecule has 0 spiro atoms. The number of pyridine rings is 1. The molecule has 0 radical (unpaired) electrons. The van der Waals surface area contributed by atoms with E-state index in [1.165, 1.54) is 12.4 Å². The Balaban J connectivity index is 1.90. The molecular weight excluding hydrogens is 391 g/mol. The molecule has 1 N–H and O–H groups in total. The number of nitrogens with one attached hydrogen (secondary N) is 1. The van der Waals surface area contributed by atoms with E-state index in [0.717, 1.165) is 25.9 Å². The average Bonchev–Trinajstić information content (AvgIpc) is 3.03. The SMILES string of the molecule is COc1ccc(C(=O)Nc2c(Cl)cncc2Cl)c2c1sc1ccccc12. The van der Waals surface area contributed by atoms with Crippen molar-refractivity contribution in [1.29, 1.82) is 0 Å². The van der Waals surface area contributed by atoms with Gasteiger partial charge in [0, 0.05) is 33.4 Å². The number of anilines is 1. The second-order valence-corrected chi connectivity index (χ2v) is 7.42. The quantitative estimate of drug-likeness (QED) is 0.455. The molecule has 0 aliphatic heterocycles. The lowest BCUT2D eigenvalue weighted by Crippen LogP contribution is -2.13. The van der Waals surface area contributed by atoms with E-state index in [2.05, 4.69) is 10.3 Å². The zero-order chi connectivity index (χ0) is 18.3. The van der Waals surface area contributed by atoms with E-state index in [1.807, 2.05) is 24.3 Å². The lowest BCUT2D eigenvalue weighted by molar-refractivity contribution is 0.102. The maximum atomic E-state index is 13.0. The fourth-order valence-electron chi connectivity index (χ4n) is 2.87. The highest BCUT2D eigenvalue weighted by Crippen LogP contribution is 2.41. The van der Waals surface area contributed by atoms with E-state index in [0.29, 0.717) is 11.3 Å². The van der Waals surface area contributed by atoms with E-state index in [1.54, 1.807) is 30.6 Å². The summed E-state index contributed by atoms with van der Waals surface area (Å²) in [7, 11) is 1.62. The van der Waals surface area contributed by atoms with Gasteiger partial charge in [-0.15, -0.1) is 11.3 Å². The van der Waals surface area contributed by atoms with Crippen molar-refractivity contribution in [2.75, 3.05) is 12.4 Å². The Labute approximate surface area is 163 Å². The molecule has 7 heteroatoms. The molecular formula is C19H12Cl2N2O2S. The summed E-state index contributed by atoms with van der Waals surface area (Å²) in [5, 5.41) is 5.22. The molecule has 2 heterocycles. The molecule has 2 aromatic carbocycles. The number of thiophene rings is 1. The van der Waals surface area contributed by atoms with E-state index in [9.17, 15) is 4.79 Å². The molecule has 4 aromatic rings. The number of halogens is 2. The van der Waals surface area contributed by atoms with Crippen LogP contribution in [-0.4, -0.2) is 18.0 Å². The number of fused-ring (bicyclic) bond motifs is 3. The monoisotopic (exact) mass is 402 g/mol. The van der Waals surface area contributed by atoms with Crippen molar-refractivity contribution in [3.8, 4) is 5.75 Å². The van der Waals surface area contributed by atoms with Crippen molar-refractivity contribution in [3.05, 3.63) is 64.4 Å². The van der Waals surface area contributed by atoms with Gasteiger partial charge in [-0.2, -0.15) is 0 Å². The molecule has 0 atom stereocenters. The first-order chi connectivity index (χ1) is 12.6. The predicted molar refractivity (Wildman–Crippen MR) is 108 cm³/mol. The maximum Gasteiger partial charge on any atom is 0.256 e. The minimum Gasteiger partial charge on any atom is -0.495 e. The Morgan fingerprint density at radius 1 is 1.12 bits per heavy atom. The number of rotatable bonds is 3. The van der Waals surface area contributed by atoms with Gasteiger partial charge in [-0.3, -0.25) is 9.78 Å². The van der Waals surface area contributed by atoms with E-state index >= 15 is 0 Å². The van der Waals surface area contributed by atoms with Crippen LogP contribution in [0.15, 0.2) is 48.8 Å². The zero-order valence-electron chi connectivity index (χ0n) is 13.5. The first-order valence-electron chi connectivity index (χ1n) is 7.68. The Morgan fingerprint density at radius 2 is 1.85 bits per heavy atom. The largest absolute Gasteiger partial charge is 0.495 e. The highest BCUT2D eigenvalue weighted by atomic mass is 35.5. The number of benzene rings is 2.